The Bertz CT molecular complexity index is 1510. The minimum absolute atomic E-state index is 0.170. The van der Waals surface area contributed by atoms with Crippen LogP contribution in [0.5, 0.6) is 0 Å². The van der Waals surface area contributed by atoms with Crippen LogP contribution >= 0.6 is 11.3 Å². The number of fused-ring (bicyclic) bond motifs is 3. The molecule has 0 saturated carbocycles. The number of aryl methyl sites for hydroxylation is 1. The van der Waals surface area contributed by atoms with E-state index in [-0.39, 0.29) is 23.6 Å². The highest BCUT2D eigenvalue weighted by Gasteiger charge is 2.18. The van der Waals surface area contributed by atoms with Crippen LogP contribution in [-0.4, -0.2) is 18.7 Å². The molecule has 0 aliphatic rings. The minimum Gasteiger partial charge on any atom is -0.271 e. The summed E-state index contributed by atoms with van der Waals surface area (Å²) in [6.45, 7) is 2.59. The molecule has 0 aliphatic heterocycles. The Hall–Kier alpha value is -3.52. The predicted octanol–water partition coefficient (Wildman–Crippen LogP) is 3.67. The van der Waals surface area contributed by atoms with Crippen LogP contribution < -0.4 is 11.2 Å². The van der Waals surface area contributed by atoms with Gasteiger partial charge >= 0.3 is 5.69 Å². The smallest absolute Gasteiger partial charge is 0.271 e. The Morgan fingerprint density at radius 3 is 2.26 bits per heavy atom. The van der Waals surface area contributed by atoms with Gasteiger partial charge in [0, 0.05) is 0 Å². The number of halogens is 1. The Morgan fingerprint density at radius 1 is 0.903 bits per heavy atom. The van der Waals surface area contributed by atoms with Crippen LogP contribution in [0.15, 0.2) is 69.6 Å². The lowest BCUT2D eigenvalue weighted by molar-refractivity contribution is 0.622. The number of thiophene rings is 1. The second kappa shape index (κ2) is 7.63. The van der Waals surface area contributed by atoms with Gasteiger partial charge in [-0.1, -0.05) is 43.3 Å². The number of aromatic nitrogens is 4. The van der Waals surface area contributed by atoms with Crippen LogP contribution in [-0.2, 0) is 19.5 Å². The summed E-state index contributed by atoms with van der Waals surface area (Å²) in [6, 6.07) is 15.8. The van der Waals surface area contributed by atoms with Gasteiger partial charge in [0.25, 0.3) is 5.56 Å². The molecular formula is C23H19FN4O2S. The van der Waals surface area contributed by atoms with Gasteiger partial charge in [-0.2, -0.15) is 0 Å². The highest BCUT2D eigenvalue weighted by atomic mass is 32.1. The van der Waals surface area contributed by atoms with Crippen LogP contribution in [0.3, 0.4) is 0 Å². The van der Waals surface area contributed by atoms with Crippen molar-refractivity contribution >= 4 is 27.3 Å². The average molecular weight is 434 g/mol. The second-order valence-electron chi connectivity index (χ2n) is 7.40. The summed E-state index contributed by atoms with van der Waals surface area (Å²) in [7, 11) is 0. The molecule has 3 aromatic heterocycles. The van der Waals surface area contributed by atoms with Crippen molar-refractivity contribution in [3.8, 4) is 0 Å². The summed E-state index contributed by atoms with van der Waals surface area (Å²) in [5, 5.41) is 6.29. The molecule has 0 N–H and O–H groups in total. The normalized spacial score (nSPS) is 11.5. The lowest BCUT2D eigenvalue weighted by atomic mass is 10.1. The first-order valence-electron chi connectivity index (χ1n) is 9.97. The van der Waals surface area contributed by atoms with E-state index in [0.717, 1.165) is 17.5 Å². The number of rotatable bonds is 5. The van der Waals surface area contributed by atoms with E-state index in [1.165, 1.54) is 38.1 Å². The monoisotopic (exact) mass is 434 g/mol. The van der Waals surface area contributed by atoms with E-state index in [1.54, 1.807) is 28.1 Å². The van der Waals surface area contributed by atoms with Crippen LogP contribution in [0.2, 0.25) is 0 Å². The van der Waals surface area contributed by atoms with Gasteiger partial charge in [-0.05, 0) is 46.7 Å². The van der Waals surface area contributed by atoms with Crippen LogP contribution in [0.4, 0.5) is 4.39 Å². The highest BCUT2D eigenvalue weighted by molar-refractivity contribution is 7.17. The number of hydrogen-bond acceptors (Lipinski definition) is 4. The molecule has 0 saturated heterocycles. The van der Waals surface area contributed by atoms with Gasteiger partial charge < -0.3 is 0 Å². The minimum atomic E-state index is -0.339. The zero-order valence-electron chi connectivity index (χ0n) is 16.8. The standard InChI is InChI=1S/C23H19FN4O2S/c1-2-15-3-5-16(6-4-15)13-26-21(29)20-19(11-12-31-20)28-22(26)25-27(23(28)30)14-17-7-9-18(24)10-8-17/h3-12H,2,13-14H2,1H3. The van der Waals surface area contributed by atoms with Crippen molar-refractivity contribution in [2.45, 2.75) is 26.4 Å². The van der Waals surface area contributed by atoms with E-state index in [0.29, 0.717) is 22.5 Å². The molecule has 3 heterocycles. The van der Waals surface area contributed by atoms with Crippen molar-refractivity contribution < 1.29 is 4.39 Å². The molecule has 5 aromatic rings. The van der Waals surface area contributed by atoms with Crippen molar-refractivity contribution in [3.63, 3.8) is 0 Å². The maximum atomic E-state index is 13.2. The summed E-state index contributed by atoms with van der Waals surface area (Å²) < 4.78 is 18.1. The summed E-state index contributed by atoms with van der Waals surface area (Å²) in [5.74, 6) is -0.0448. The van der Waals surface area contributed by atoms with Crippen molar-refractivity contribution in [1.29, 1.82) is 0 Å². The van der Waals surface area contributed by atoms with Gasteiger partial charge in [-0.25, -0.2) is 18.3 Å². The Kier molecular flexibility index (Phi) is 4.78. The molecule has 0 atom stereocenters. The topological polar surface area (TPSA) is 61.3 Å². The van der Waals surface area contributed by atoms with Crippen LogP contribution in [0.1, 0.15) is 23.6 Å². The van der Waals surface area contributed by atoms with Crippen molar-refractivity contribution in [2.75, 3.05) is 0 Å². The predicted molar refractivity (Wildman–Crippen MR) is 120 cm³/mol. The first-order valence-corrected chi connectivity index (χ1v) is 10.8. The van der Waals surface area contributed by atoms with Crippen molar-refractivity contribution in [2.24, 2.45) is 0 Å². The number of benzene rings is 2. The Balaban J connectivity index is 1.68. The molecule has 0 radical (unpaired) electrons. The largest absolute Gasteiger partial charge is 0.352 e. The molecule has 31 heavy (non-hydrogen) atoms. The molecule has 0 aliphatic carbocycles. The molecule has 8 heteroatoms. The van der Waals surface area contributed by atoms with Gasteiger partial charge in [-0.15, -0.1) is 16.4 Å². The SMILES string of the molecule is CCc1ccc(Cn2c(=O)c3sccc3n3c(=O)n(Cc4ccc(F)cc4)nc23)cc1. The van der Waals surface area contributed by atoms with E-state index >= 15 is 0 Å². The summed E-state index contributed by atoms with van der Waals surface area (Å²) in [6.07, 6.45) is 0.939. The summed E-state index contributed by atoms with van der Waals surface area (Å²) >= 11 is 1.31. The van der Waals surface area contributed by atoms with Gasteiger partial charge in [0.15, 0.2) is 0 Å². The van der Waals surface area contributed by atoms with Gasteiger partial charge in [0.2, 0.25) is 5.78 Å². The Morgan fingerprint density at radius 2 is 1.55 bits per heavy atom. The molecule has 6 nitrogen and oxygen atoms in total. The van der Waals surface area contributed by atoms with Gasteiger partial charge in [0.05, 0.1) is 18.6 Å². The fraction of sp³-hybridized carbons (Fsp3) is 0.174. The third-order valence-corrected chi connectivity index (χ3v) is 6.30. The van der Waals surface area contributed by atoms with E-state index in [2.05, 4.69) is 12.0 Å². The fourth-order valence-electron chi connectivity index (χ4n) is 3.71. The molecule has 0 amide bonds. The van der Waals surface area contributed by atoms with Gasteiger partial charge in [0.1, 0.15) is 10.5 Å². The quantitative estimate of drug-likeness (QED) is 0.424. The highest BCUT2D eigenvalue weighted by Crippen LogP contribution is 2.18. The molecule has 5 rings (SSSR count). The molecule has 0 spiro atoms. The molecular weight excluding hydrogens is 415 g/mol. The molecule has 2 aromatic carbocycles. The third-order valence-electron chi connectivity index (χ3n) is 5.41. The molecule has 0 bridgehead atoms. The first kappa shape index (κ1) is 19.4. The molecule has 156 valence electrons. The lowest BCUT2D eigenvalue weighted by Crippen LogP contribution is -2.26. The maximum Gasteiger partial charge on any atom is 0.352 e. The zero-order valence-corrected chi connectivity index (χ0v) is 17.6. The van der Waals surface area contributed by atoms with Crippen molar-refractivity contribution in [3.05, 3.63) is 103 Å². The van der Waals surface area contributed by atoms with E-state index in [9.17, 15) is 14.0 Å². The Labute approximate surface area is 180 Å². The summed E-state index contributed by atoms with van der Waals surface area (Å²) in [4.78, 5) is 26.4. The molecule has 0 unspecified atom stereocenters. The van der Waals surface area contributed by atoms with Crippen molar-refractivity contribution in [1.82, 2.24) is 18.7 Å². The number of nitrogens with zero attached hydrogens (tertiary/aromatic N) is 4. The van der Waals surface area contributed by atoms with E-state index in [1.807, 2.05) is 24.3 Å². The van der Waals surface area contributed by atoms with E-state index in [4.69, 9.17) is 0 Å². The molecule has 0 fully saturated rings. The summed E-state index contributed by atoms with van der Waals surface area (Å²) in [5.41, 5.74) is 2.97. The third kappa shape index (κ3) is 3.38. The number of hydrogen-bond donors (Lipinski definition) is 0. The van der Waals surface area contributed by atoms with E-state index < -0.39 is 0 Å². The fourth-order valence-corrected chi connectivity index (χ4v) is 4.53. The maximum absolute atomic E-state index is 13.2. The average Bonchev–Trinajstić information content (AvgIpc) is 3.38. The zero-order chi connectivity index (χ0) is 21.5. The first-order chi connectivity index (χ1) is 15.0. The second-order valence-corrected chi connectivity index (χ2v) is 8.31. The lowest BCUT2D eigenvalue weighted by Gasteiger charge is -2.08. The van der Waals surface area contributed by atoms with Crippen LogP contribution in [0, 0.1) is 5.82 Å². The van der Waals surface area contributed by atoms with Gasteiger partial charge in [-0.3, -0.25) is 9.36 Å². The van der Waals surface area contributed by atoms with Crippen LogP contribution in [0.25, 0.3) is 16.0 Å².